The maximum absolute atomic E-state index is 14.2. The summed E-state index contributed by atoms with van der Waals surface area (Å²) >= 11 is 0. The fraction of sp³-hybridized carbons (Fsp3) is 0.314. The van der Waals surface area contributed by atoms with Crippen molar-refractivity contribution in [2.24, 2.45) is 10.9 Å². The highest BCUT2D eigenvalue weighted by atomic mass is 16.5. The van der Waals surface area contributed by atoms with Gasteiger partial charge in [0.15, 0.2) is 5.43 Å². The van der Waals surface area contributed by atoms with Crippen LogP contribution in [0.25, 0.3) is 11.0 Å². The van der Waals surface area contributed by atoms with E-state index in [0.29, 0.717) is 47.6 Å². The van der Waals surface area contributed by atoms with Crippen LogP contribution in [0, 0.1) is 12.8 Å². The summed E-state index contributed by atoms with van der Waals surface area (Å²) in [5.74, 6) is 2.40. The average Bonchev–Trinajstić information content (AvgIpc) is 3.24. The molecule has 3 aromatic carbocycles. The van der Waals surface area contributed by atoms with Gasteiger partial charge in [-0.25, -0.2) is 0 Å². The largest absolute Gasteiger partial charge is 0.489 e. The fourth-order valence-electron chi connectivity index (χ4n) is 5.53. The van der Waals surface area contributed by atoms with E-state index in [2.05, 4.69) is 82.5 Å². The van der Waals surface area contributed by atoms with Crippen molar-refractivity contribution >= 4 is 16.8 Å². The lowest BCUT2D eigenvalue weighted by atomic mass is 9.91. The molecule has 0 fully saturated rings. The molecule has 0 aliphatic carbocycles. The standard InChI is InChI=1S/C35H38N2O3/c1-7-19-39-27-17-18-28-30(21-27)40-33(29(32(28)38)20-25-11-9-8-10-12-25)31(23(2)3)37-22-35(5,6)36-34(37)26-15-13-24(4)14-16-26/h7-18,21,23,31H,1,19-20,22H2,2-6H3. The topological polar surface area (TPSA) is 55.0 Å². The Kier molecular flexibility index (Phi) is 7.66. The Morgan fingerprint density at radius 2 is 1.80 bits per heavy atom. The Bertz CT molecular complexity index is 1600. The second-order valence-corrected chi connectivity index (χ2v) is 11.6. The van der Waals surface area contributed by atoms with Crippen molar-refractivity contribution in [3.8, 4) is 5.75 Å². The molecule has 5 rings (SSSR count). The summed E-state index contributed by atoms with van der Waals surface area (Å²) in [7, 11) is 0. The molecule has 0 radical (unpaired) electrons. The van der Waals surface area contributed by atoms with Gasteiger partial charge in [0.1, 0.15) is 29.5 Å². The highest BCUT2D eigenvalue weighted by molar-refractivity contribution is 6.00. The number of benzene rings is 3. The predicted molar refractivity (Wildman–Crippen MR) is 164 cm³/mol. The highest BCUT2D eigenvalue weighted by Gasteiger charge is 2.40. The molecule has 0 bridgehead atoms. The van der Waals surface area contributed by atoms with Crippen molar-refractivity contribution in [2.45, 2.75) is 52.6 Å². The Morgan fingerprint density at radius 3 is 2.48 bits per heavy atom. The molecule has 5 nitrogen and oxygen atoms in total. The molecule has 40 heavy (non-hydrogen) atoms. The van der Waals surface area contributed by atoms with E-state index < -0.39 is 0 Å². The van der Waals surface area contributed by atoms with Crippen molar-refractivity contribution in [2.75, 3.05) is 13.2 Å². The molecule has 2 heterocycles. The first kappa shape index (κ1) is 27.4. The molecule has 0 spiro atoms. The minimum absolute atomic E-state index is 0.00620. The molecule has 1 unspecified atom stereocenters. The van der Waals surface area contributed by atoms with Crippen LogP contribution in [0.15, 0.2) is 99.7 Å². The first-order chi connectivity index (χ1) is 19.2. The summed E-state index contributed by atoms with van der Waals surface area (Å²) in [4.78, 5) is 21.7. The quantitative estimate of drug-likeness (QED) is 0.209. The smallest absolute Gasteiger partial charge is 0.196 e. The van der Waals surface area contributed by atoms with Crippen LogP contribution in [0.5, 0.6) is 5.75 Å². The molecule has 1 aliphatic heterocycles. The van der Waals surface area contributed by atoms with E-state index in [4.69, 9.17) is 14.1 Å². The Morgan fingerprint density at radius 1 is 1.07 bits per heavy atom. The number of hydrogen-bond acceptors (Lipinski definition) is 5. The van der Waals surface area contributed by atoms with Gasteiger partial charge in [0.25, 0.3) is 0 Å². The maximum atomic E-state index is 14.2. The number of ether oxygens (including phenoxy) is 1. The van der Waals surface area contributed by atoms with Gasteiger partial charge < -0.3 is 14.1 Å². The lowest BCUT2D eigenvalue weighted by Gasteiger charge is -2.35. The first-order valence-electron chi connectivity index (χ1n) is 14.0. The Labute approximate surface area is 236 Å². The van der Waals surface area contributed by atoms with E-state index >= 15 is 0 Å². The molecule has 0 N–H and O–H groups in total. The summed E-state index contributed by atoms with van der Waals surface area (Å²) in [6.45, 7) is 15.6. The van der Waals surface area contributed by atoms with E-state index in [0.717, 1.165) is 17.0 Å². The van der Waals surface area contributed by atoms with E-state index in [1.807, 2.05) is 30.3 Å². The van der Waals surface area contributed by atoms with Gasteiger partial charge in [-0.1, -0.05) is 86.7 Å². The third-order valence-electron chi connectivity index (χ3n) is 7.36. The first-order valence-corrected chi connectivity index (χ1v) is 14.0. The van der Waals surface area contributed by atoms with E-state index in [1.165, 1.54) is 5.56 Å². The van der Waals surface area contributed by atoms with Gasteiger partial charge in [-0.2, -0.15) is 0 Å². The molecule has 1 aliphatic rings. The SMILES string of the molecule is C=CCOc1ccc2c(=O)c(Cc3ccccc3)c(C(C(C)C)N3CC(C)(C)N=C3c3ccc(C)cc3)oc2c1. The fourth-order valence-corrected chi connectivity index (χ4v) is 5.53. The number of hydrogen-bond donors (Lipinski definition) is 0. The van der Waals surface area contributed by atoms with Crippen LogP contribution in [0.2, 0.25) is 0 Å². The predicted octanol–water partition coefficient (Wildman–Crippen LogP) is 7.50. The van der Waals surface area contributed by atoms with E-state index in [9.17, 15) is 4.79 Å². The van der Waals surface area contributed by atoms with Crippen LogP contribution in [-0.4, -0.2) is 29.4 Å². The van der Waals surface area contributed by atoms with Crippen LogP contribution in [-0.2, 0) is 6.42 Å². The Balaban J connectivity index is 1.71. The van der Waals surface area contributed by atoms with Crippen molar-refractivity contribution in [3.63, 3.8) is 0 Å². The van der Waals surface area contributed by atoms with Crippen LogP contribution < -0.4 is 10.2 Å². The second kappa shape index (κ2) is 11.2. The number of rotatable bonds is 9. The molecule has 0 saturated carbocycles. The summed E-state index contributed by atoms with van der Waals surface area (Å²) in [6.07, 6.45) is 2.19. The average molecular weight is 535 g/mol. The zero-order chi connectivity index (χ0) is 28.4. The summed E-state index contributed by atoms with van der Waals surface area (Å²) in [5, 5.41) is 0.553. The van der Waals surface area contributed by atoms with Gasteiger partial charge in [-0.05, 0) is 44.4 Å². The van der Waals surface area contributed by atoms with Gasteiger partial charge >= 0.3 is 0 Å². The third-order valence-corrected chi connectivity index (χ3v) is 7.36. The molecule has 4 aromatic rings. The number of aryl methyl sites for hydroxylation is 1. The van der Waals surface area contributed by atoms with Crippen molar-refractivity contribution in [1.82, 2.24) is 4.90 Å². The van der Waals surface area contributed by atoms with Crippen molar-refractivity contribution < 1.29 is 9.15 Å². The van der Waals surface area contributed by atoms with Crippen LogP contribution >= 0.6 is 0 Å². The number of nitrogens with zero attached hydrogens (tertiary/aromatic N) is 2. The van der Waals surface area contributed by atoms with Crippen LogP contribution in [0.1, 0.15) is 61.8 Å². The second-order valence-electron chi connectivity index (χ2n) is 11.6. The maximum Gasteiger partial charge on any atom is 0.196 e. The number of amidine groups is 1. The van der Waals surface area contributed by atoms with Crippen molar-refractivity contribution in [3.05, 3.63) is 124 Å². The van der Waals surface area contributed by atoms with E-state index in [1.54, 1.807) is 12.1 Å². The van der Waals surface area contributed by atoms with Crippen LogP contribution in [0.4, 0.5) is 0 Å². The lowest BCUT2D eigenvalue weighted by Crippen LogP contribution is -2.39. The monoisotopic (exact) mass is 534 g/mol. The molecule has 5 heteroatoms. The molecule has 206 valence electrons. The zero-order valence-electron chi connectivity index (χ0n) is 24.1. The van der Waals surface area contributed by atoms with Gasteiger partial charge in [-0.15, -0.1) is 0 Å². The minimum Gasteiger partial charge on any atom is -0.489 e. The molecule has 1 atom stereocenters. The third kappa shape index (κ3) is 5.60. The van der Waals surface area contributed by atoms with Crippen molar-refractivity contribution in [1.29, 1.82) is 0 Å². The minimum atomic E-state index is -0.282. The number of aliphatic imine (C=N–C) groups is 1. The summed E-state index contributed by atoms with van der Waals surface area (Å²) in [5.41, 5.74) is 4.26. The highest BCUT2D eigenvalue weighted by Crippen LogP contribution is 2.39. The molecule has 1 aromatic heterocycles. The number of fused-ring (bicyclic) bond motifs is 1. The van der Waals surface area contributed by atoms with E-state index in [-0.39, 0.29) is 22.9 Å². The molecule has 0 saturated heterocycles. The Hall–Kier alpha value is -4.12. The molecular weight excluding hydrogens is 496 g/mol. The van der Waals surface area contributed by atoms with Gasteiger partial charge in [0.2, 0.25) is 0 Å². The summed E-state index contributed by atoms with van der Waals surface area (Å²) in [6, 6.07) is 23.9. The normalized spacial score (nSPS) is 15.3. The van der Waals surface area contributed by atoms with Gasteiger partial charge in [0.05, 0.1) is 17.0 Å². The lowest BCUT2D eigenvalue weighted by molar-refractivity contribution is 0.210. The molecule has 0 amide bonds. The van der Waals surface area contributed by atoms with Gasteiger partial charge in [-0.3, -0.25) is 9.79 Å². The van der Waals surface area contributed by atoms with Crippen LogP contribution in [0.3, 0.4) is 0 Å². The molecular formula is C35H38N2O3. The van der Waals surface area contributed by atoms with Gasteiger partial charge in [0, 0.05) is 30.2 Å². The summed E-state index contributed by atoms with van der Waals surface area (Å²) < 4.78 is 12.6. The zero-order valence-corrected chi connectivity index (χ0v) is 24.1.